The molecule has 4 aromatic rings. The van der Waals surface area contributed by atoms with Gasteiger partial charge in [0, 0.05) is 29.4 Å². The van der Waals surface area contributed by atoms with Crippen molar-refractivity contribution in [1.29, 1.82) is 0 Å². The molecular formula is C37H42ClN3O5S2. The van der Waals surface area contributed by atoms with Gasteiger partial charge in [-0.3, -0.25) is 13.9 Å². The number of unbranched alkanes of at least 4 members (excludes halogenated alkanes) is 1. The zero-order valence-corrected chi connectivity index (χ0v) is 29.9. The van der Waals surface area contributed by atoms with Gasteiger partial charge in [0.15, 0.2) is 0 Å². The van der Waals surface area contributed by atoms with E-state index in [0.717, 1.165) is 27.6 Å². The van der Waals surface area contributed by atoms with Gasteiger partial charge in [-0.1, -0.05) is 67.4 Å². The van der Waals surface area contributed by atoms with E-state index in [9.17, 15) is 18.0 Å². The van der Waals surface area contributed by atoms with Gasteiger partial charge < -0.3 is 15.0 Å². The van der Waals surface area contributed by atoms with Crippen molar-refractivity contribution in [2.45, 2.75) is 55.5 Å². The van der Waals surface area contributed by atoms with Crippen LogP contribution in [0.5, 0.6) is 5.75 Å². The standard InChI is InChI=1S/C37H42ClN3O5S2/c1-4-6-23-39-37(43)35(25-28-11-8-7-9-12-28)40(26-29-13-10-14-30(38)24-29)36(42)27-41(31-15-17-32(18-16-31)46-5-2)48(44,45)34-21-19-33(47-3)20-22-34/h7-22,24,35H,4-6,23,25-27H2,1-3H3,(H,39,43)/t35-/m1/s1. The molecule has 0 unspecified atom stereocenters. The van der Waals surface area contributed by atoms with Gasteiger partial charge in [0.2, 0.25) is 11.8 Å². The molecule has 48 heavy (non-hydrogen) atoms. The first-order valence-electron chi connectivity index (χ1n) is 15.9. The van der Waals surface area contributed by atoms with Crippen molar-refractivity contribution in [2.75, 3.05) is 30.3 Å². The van der Waals surface area contributed by atoms with Gasteiger partial charge in [-0.15, -0.1) is 11.8 Å². The first-order valence-corrected chi connectivity index (χ1v) is 19.0. The molecule has 0 bridgehead atoms. The van der Waals surface area contributed by atoms with E-state index in [1.807, 2.05) is 56.5 Å². The predicted molar refractivity (Wildman–Crippen MR) is 194 cm³/mol. The lowest BCUT2D eigenvalue weighted by Gasteiger charge is -2.34. The van der Waals surface area contributed by atoms with Gasteiger partial charge >= 0.3 is 0 Å². The van der Waals surface area contributed by atoms with E-state index in [1.54, 1.807) is 54.6 Å². The molecule has 4 aromatic carbocycles. The van der Waals surface area contributed by atoms with E-state index >= 15 is 0 Å². The van der Waals surface area contributed by atoms with E-state index in [2.05, 4.69) is 5.32 Å². The highest BCUT2D eigenvalue weighted by Gasteiger charge is 2.34. The Bertz CT molecular complexity index is 1740. The number of hydrogen-bond donors (Lipinski definition) is 1. The van der Waals surface area contributed by atoms with Crippen LogP contribution in [-0.4, -0.2) is 57.1 Å². The summed E-state index contributed by atoms with van der Waals surface area (Å²) >= 11 is 7.83. The van der Waals surface area contributed by atoms with Gasteiger partial charge in [0.1, 0.15) is 18.3 Å². The second-order valence-electron chi connectivity index (χ2n) is 11.1. The van der Waals surface area contributed by atoms with E-state index in [-0.39, 0.29) is 29.5 Å². The average molecular weight is 708 g/mol. The van der Waals surface area contributed by atoms with Crippen molar-refractivity contribution in [1.82, 2.24) is 10.2 Å². The smallest absolute Gasteiger partial charge is 0.264 e. The number of halogens is 1. The first-order chi connectivity index (χ1) is 23.2. The summed E-state index contributed by atoms with van der Waals surface area (Å²) in [6.45, 7) is 4.29. The fourth-order valence-corrected chi connectivity index (χ4v) is 7.21. The molecule has 0 heterocycles. The lowest BCUT2D eigenvalue weighted by molar-refractivity contribution is -0.140. The fraction of sp³-hybridized carbons (Fsp3) is 0.297. The molecule has 0 aliphatic heterocycles. The minimum absolute atomic E-state index is 0.0394. The second-order valence-corrected chi connectivity index (χ2v) is 14.3. The van der Waals surface area contributed by atoms with Crippen LogP contribution in [0.25, 0.3) is 0 Å². The highest BCUT2D eigenvalue weighted by molar-refractivity contribution is 7.98. The van der Waals surface area contributed by atoms with Crippen molar-refractivity contribution in [2.24, 2.45) is 0 Å². The SMILES string of the molecule is CCCCNC(=O)[C@@H](Cc1ccccc1)N(Cc1cccc(Cl)c1)C(=O)CN(c1ccc(OCC)cc1)S(=O)(=O)c1ccc(SC)cc1. The van der Waals surface area contributed by atoms with Crippen molar-refractivity contribution < 1.29 is 22.7 Å². The molecule has 8 nitrogen and oxygen atoms in total. The Hall–Kier alpha value is -3.99. The van der Waals surface area contributed by atoms with Gasteiger partial charge in [0.25, 0.3) is 10.0 Å². The molecule has 0 spiro atoms. The third kappa shape index (κ3) is 10.0. The summed E-state index contributed by atoms with van der Waals surface area (Å²) in [4.78, 5) is 30.9. The third-order valence-electron chi connectivity index (χ3n) is 7.70. The Morgan fingerprint density at radius 1 is 0.896 bits per heavy atom. The predicted octanol–water partition coefficient (Wildman–Crippen LogP) is 7.21. The Labute approximate surface area is 293 Å². The summed E-state index contributed by atoms with van der Waals surface area (Å²) in [5.74, 6) is -0.283. The first kappa shape index (κ1) is 36.8. The number of sulfonamides is 1. The molecule has 0 aromatic heterocycles. The molecule has 0 saturated carbocycles. The monoisotopic (exact) mass is 707 g/mol. The van der Waals surface area contributed by atoms with Crippen LogP contribution in [0.4, 0.5) is 5.69 Å². The van der Waals surface area contributed by atoms with E-state index < -0.39 is 28.5 Å². The number of amides is 2. The number of rotatable bonds is 17. The topological polar surface area (TPSA) is 96.0 Å². The summed E-state index contributed by atoms with van der Waals surface area (Å²) in [6, 6.07) is 28.7. The Kier molecular flexibility index (Phi) is 13.8. The number of anilines is 1. The maximum atomic E-state index is 14.6. The normalized spacial score (nSPS) is 11.8. The second kappa shape index (κ2) is 18.0. The molecule has 4 rings (SSSR count). The quantitative estimate of drug-likeness (QED) is 0.0921. The number of nitrogens with one attached hydrogen (secondary N) is 1. The Morgan fingerprint density at radius 3 is 2.21 bits per heavy atom. The molecule has 0 fully saturated rings. The molecule has 0 aliphatic rings. The average Bonchev–Trinajstić information content (AvgIpc) is 3.09. The largest absolute Gasteiger partial charge is 0.494 e. The molecule has 11 heteroatoms. The number of hydrogen-bond acceptors (Lipinski definition) is 6. The lowest BCUT2D eigenvalue weighted by Crippen LogP contribution is -2.53. The molecule has 1 N–H and O–H groups in total. The number of thioether (sulfide) groups is 1. The summed E-state index contributed by atoms with van der Waals surface area (Å²) in [6.07, 6.45) is 3.82. The van der Waals surface area contributed by atoms with Gasteiger partial charge in [0.05, 0.1) is 17.2 Å². The Morgan fingerprint density at radius 2 is 1.58 bits per heavy atom. The highest BCUT2D eigenvalue weighted by atomic mass is 35.5. The van der Waals surface area contributed by atoms with Crippen LogP contribution in [0.15, 0.2) is 113 Å². The van der Waals surface area contributed by atoms with Crippen LogP contribution >= 0.6 is 23.4 Å². The number of benzene rings is 4. The van der Waals surface area contributed by atoms with Crippen LogP contribution < -0.4 is 14.4 Å². The van der Waals surface area contributed by atoms with Crippen molar-refractivity contribution >= 4 is 50.9 Å². The van der Waals surface area contributed by atoms with Crippen LogP contribution in [0, 0.1) is 0 Å². The zero-order chi connectivity index (χ0) is 34.5. The Balaban J connectivity index is 1.79. The highest BCUT2D eigenvalue weighted by Crippen LogP contribution is 2.28. The zero-order valence-electron chi connectivity index (χ0n) is 27.5. The van der Waals surface area contributed by atoms with E-state index in [4.69, 9.17) is 16.3 Å². The van der Waals surface area contributed by atoms with Gasteiger partial charge in [-0.2, -0.15) is 0 Å². The molecule has 1 atom stereocenters. The maximum absolute atomic E-state index is 14.6. The minimum atomic E-state index is -4.22. The summed E-state index contributed by atoms with van der Waals surface area (Å²) < 4.78 is 35.3. The number of nitrogens with zero attached hydrogens (tertiary/aromatic N) is 2. The minimum Gasteiger partial charge on any atom is -0.494 e. The van der Waals surface area contributed by atoms with Crippen LogP contribution in [0.2, 0.25) is 5.02 Å². The van der Waals surface area contributed by atoms with Crippen LogP contribution in [-0.2, 0) is 32.6 Å². The van der Waals surface area contributed by atoms with Crippen LogP contribution in [0.3, 0.4) is 0 Å². The summed E-state index contributed by atoms with van der Waals surface area (Å²) in [7, 11) is -4.22. The van der Waals surface area contributed by atoms with Crippen molar-refractivity contribution in [3.63, 3.8) is 0 Å². The summed E-state index contributed by atoms with van der Waals surface area (Å²) in [5.41, 5.74) is 1.86. The molecule has 2 amide bonds. The number of carbonyl (C=O) groups is 2. The molecule has 0 aliphatic carbocycles. The summed E-state index contributed by atoms with van der Waals surface area (Å²) in [5, 5.41) is 3.49. The molecule has 0 saturated heterocycles. The number of ether oxygens (including phenoxy) is 1. The van der Waals surface area contributed by atoms with Crippen molar-refractivity contribution in [3.05, 3.63) is 119 Å². The molecule has 254 valence electrons. The lowest BCUT2D eigenvalue weighted by atomic mass is 10.0. The van der Waals surface area contributed by atoms with E-state index in [1.165, 1.54) is 28.8 Å². The van der Waals surface area contributed by atoms with Crippen LogP contribution in [0.1, 0.15) is 37.8 Å². The fourth-order valence-electron chi connectivity index (χ4n) is 5.17. The van der Waals surface area contributed by atoms with E-state index in [0.29, 0.717) is 29.5 Å². The van der Waals surface area contributed by atoms with Gasteiger partial charge in [-0.25, -0.2) is 8.42 Å². The third-order valence-corrected chi connectivity index (χ3v) is 10.5. The number of carbonyl (C=O) groups excluding carboxylic acids is 2. The maximum Gasteiger partial charge on any atom is 0.264 e. The van der Waals surface area contributed by atoms with Gasteiger partial charge in [-0.05, 0) is 91.4 Å². The molecule has 0 radical (unpaired) electrons. The molecular weight excluding hydrogens is 666 g/mol. The van der Waals surface area contributed by atoms with Crippen molar-refractivity contribution in [3.8, 4) is 5.75 Å².